The summed E-state index contributed by atoms with van der Waals surface area (Å²) in [5, 5.41) is 8.73. The minimum Gasteiger partial charge on any atom is -0.478 e. The molecule has 0 aliphatic heterocycles. The SMILES string of the molecule is Bc1cc(C)cc(C(=O)O)c1N. The van der Waals surface area contributed by atoms with Gasteiger partial charge in [-0.25, -0.2) is 4.79 Å². The molecule has 0 aromatic heterocycles. The number of carbonyl (C=O) groups is 1. The molecule has 1 aromatic carbocycles. The summed E-state index contributed by atoms with van der Waals surface area (Å²) < 4.78 is 0. The number of hydrogen-bond acceptors (Lipinski definition) is 2. The maximum Gasteiger partial charge on any atom is 0.337 e. The Kier molecular flexibility index (Phi) is 2.08. The third-order valence-electron chi connectivity index (χ3n) is 1.76. The molecule has 0 aliphatic rings. The lowest BCUT2D eigenvalue weighted by molar-refractivity contribution is 0.0698. The van der Waals surface area contributed by atoms with Gasteiger partial charge in [0.2, 0.25) is 0 Å². The predicted octanol–water partition coefficient (Wildman–Crippen LogP) is -0.466. The summed E-state index contributed by atoms with van der Waals surface area (Å²) in [5.41, 5.74) is 7.84. The van der Waals surface area contributed by atoms with Crippen molar-refractivity contribution in [2.75, 3.05) is 5.73 Å². The number of carboxylic acid groups (broad SMARTS) is 1. The van der Waals surface area contributed by atoms with Gasteiger partial charge in [0.25, 0.3) is 0 Å². The predicted molar refractivity (Wildman–Crippen MR) is 50.7 cm³/mol. The van der Waals surface area contributed by atoms with Gasteiger partial charge in [0.15, 0.2) is 0 Å². The Hall–Kier alpha value is -1.45. The molecule has 0 saturated carbocycles. The molecule has 0 bridgehead atoms. The van der Waals surface area contributed by atoms with Crippen molar-refractivity contribution in [3.63, 3.8) is 0 Å². The quantitative estimate of drug-likeness (QED) is 0.434. The first-order valence-corrected chi connectivity index (χ1v) is 3.62. The number of nitrogen functional groups attached to an aromatic ring is 1. The molecule has 4 heteroatoms. The number of aryl methyl sites for hydroxylation is 1. The third-order valence-corrected chi connectivity index (χ3v) is 1.76. The number of nitrogens with two attached hydrogens (primary N) is 1. The van der Waals surface area contributed by atoms with E-state index in [-0.39, 0.29) is 5.56 Å². The van der Waals surface area contributed by atoms with E-state index in [0.717, 1.165) is 11.0 Å². The zero-order chi connectivity index (χ0) is 9.30. The number of aromatic carboxylic acids is 1. The smallest absolute Gasteiger partial charge is 0.337 e. The summed E-state index contributed by atoms with van der Waals surface area (Å²) in [7, 11) is 1.80. The lowest BCUT2D eigenvalue weighted by Crippen LogP contribution is -2.15. The first-order valence-electron chi connectivity index (χ1n) is 3.62. The van der Waals surface area contributed by atoms with Gasteiger partial charge in [-0.3, -0.25) is 0 Å². The fourth-order valence-electron chi connectivity index (χ4n) is 1.16. The monoisotopic (exact) mass is 163 g/mol. The normalized spacial score (nSPS) is 9.75. The van der Waals surface area contributed by atoms with E-state index in [1.54, 1.807) is 13.9 Å². The van der Waals surface area contributed by atoms with Crippen molar-refractivity contribution < 1.29 is 9.90 Å². The van der Waals surface area contributed by atoms with E-state index in [1.165, 1.54) is 0 Å². The molecule has 0 atom stereocenters. The number of hydrogen-bond donors (Lipinski definition) is 2. The number of rotatable bonds is 1. The van der Waals surface area contributed by atoms with Crippen LogP contribution in [0.2, 0.25) is 0 Å². The van der Waals surface area contributed by atoms with Crippen LogP contribution in [0.1, 0.15) is 15.9 Å². The van der Waals surface area contributed by atoms with Crippen LogP contribution in [0.25, 0.3) is 0 Å². The number of anilines is 1. The van der Waals surface area contributed by atoms with Crippen molar-refractivity contribution in [2.45, 2.75) is 6.92 Å². The molecule has 0 heterocycles. The lowest BCUT2D eigenvalue weighted by Gasteiger charge is -2.05. The van der Waals surface area contributed by atoms with Crippen LogP contribution < -0.4 is 11.2 Å². The first-order chi connectivity index (χ1) is 5.52. The molecule has 0 fully saturated rings. The van der Waals surface area contributed by atoms with Crippen LogP contribution in [-0.2, 0) is 0 Å². The number of benzene rings is 1. The molecule has 0 amide bonds. The van der Waals surface area contributed by atoms with E-state index in [4.69, 9.17) is 10.8 Å². The second-order valence-electron chi connectivity index (χ2n) is 2.85. The molecule has 0 spiro atoms. The Labute approximate surface area is 71.6 Å². The van der Waals surface area contributed by atoms with Crippen LogP contribution in [0.3, 0.4) is 0 Å². The average molecular weight is 163 g/mol. The van der Waals surface area contributed by atoms with Crippen molar-refractivity contribution in [2.24, 2.45) is 0 Å². The minimum atomic E-state index is -0.973. The van der Waals surface area contributed by atoms with Gasteiger partial charge in [-0.15, -0.1) is 0 Å². The second kappa shape index (κ2) is 2.89. The molecule has 0 aliphatic carbocycles. The summed E-state index contributed by atoms with van der Waals surface area (Å²) in [4.78, 5) is 10.6. The maximum atomic E-state index is 10.6. The van der Waals surface area contributed by atoms with Gasteiger partial charge in [-0.05, 0) is 13.0 Å². The van der Waals surface area contributed by atoms with Gasteiger partial charge in [-0.2, -0.15) is 0 Å². The van der Waals surface area contributed by atoms with E-state index in [0.29, 0.717) is 5.69 Å². The van der Waals surface area contributed by atoms with Crippen LogP contribution in [0.15, 0.2) is 12.1 Å². The molecule has 1 aromatic rings. The fourth-order valence-corrected chi connectivity index (χ4v) is 1.16. The van der Waals surface area contributed by atoms with Crippen molar-refractivity contribution in [1.29, 1.82) is 0 Å². The van der Waals surface area contributed by atoms with E-state index < -0.39 is 5.97 Å². The highest BCUT2D eigenvalue weighted by atomic mass is 16.4. The molecule has 12 heavy (non-hydrogen) atoms. The summed E-state index contributed by atoms with van der Waals surface area (Å²) in [5.74, 6) is -0.973. The van der Waals surface area contributed by atoms with Gasteiger partial charge < -0.3 is 10.8 Å². The number of carboxylic acids is 1. The van der Waals surface area contributed by atoms with E-state index in [9.17, 15) is 4.79 Å². The zero-order valence-corrected chi connectivity index (χ0v) is 7.09. The van der Waals surface area contributed by atoms with Crippen LogP contribution in [0.4, 0.5) is 5.69 Å². The standard InChI is InChI=1S/C8H10BNO2/c1-4-2-5(8(11)12)7(10)6(9)3-4/h2-3H,9-10H2,1H3,(H,11,12). The Bertz CT molecular complexity index is 336. The summed E-state index contributed by atoms with van der Waals surface area (Å²) >= 11 is 0. The highest BCUT2D eigenvalue weighted by molar-refractivity contribution is 6.36. The van der Waals surface area contributed by atoms with Gasteiger partial charge in [0, 0.05) is 5.69 Å². The third kappa shape index (κ3) is 1.42. The molecule has 3 nitrogen and oxygen atoms in total. The molecule has 0 saturated heterocycles. The highest BCUT2D eigenvalue weighted by Crippen LogP contribution is 2.10. The van der Waals surface area contributed by atoms with Crippen LogP contribution in [0.5, 0.6) is 0 Å². The van der Waals surface area contributed by atoms with Crippen molar-refractivity contribution in [1.82, 2.24) is 0 Å². The van der Waals surface area contributed by atoms with E-state index in [2.05, 4.69) is 0 Å². The van der Waals surface area contributed by atoms with Crippen LogP contribution in [0, 0.1) is 6.92 Å². The first kappa shape index (κ1) is 8.65. The zero-order valence-electron chi connectivity index (χ0n) is 7.09. The Balaban J connectivity index is 3.37. The Morgan fingerprint density at radius 2 is 2.17 bits per heavy atom. The second-order valence-corrected chi connectivity index (χ2v) is 2.85. The molecular weight excluding hydrogens is 153 g/mol. The van der Waals surface area contributed by atoms with Gasteiger partial charge in [-0.1, -0.05) is 17.1 Å². The maximum absolute atomic E-state index is 10.6. The van der Waals surface area contributed by atoms with Gasteiger partial charge in [0.05, 0.1) is 5.56 Å². The van der Waals surface area contributed by atoms with Crippen molar-refractivity contribution in [3.05, 3.63) is 23.3 Å². The summed E-state index contributed by atoms with van der Waals surface area (Å²) in [6.07, 6.45) is 0. The summed E-state index contributed by atoms with van der Waals surface area (Å²) in [6.45, 7) is 1.85. The van der Waals surface area contributed by atoms with E-state index in [1.807, 2.05) is 13.0 Å². The van der Waals surface area contributed by atoms with Crippen LogP contribution in [-0.4, -0.2) is 18.9 Å². The fraction of sp³-hybridized carbons (Fsp3) is 0.125. The molecule has 0 radical (unpaired) electrons. The minimum absolute atomic E-state index is 0.188. The lowest BCUT2D eigenvalue weighted by atomic mass is 9.90. The van der Waals surface area contributed by atoms with Crippen molar-refractivity contribution in [3.8, 4) is 0 Å². The van der Waals surface area contributed by atoms with Gasteiger partial charge >= 0.3 is 5.97 Å². The topological polar surface area (TPSA) is 63.3 Å². The summed E-state index contributed by atoms with van der Waals surface area (Å²) in [6, 6.07) is 3.44. The van der Waals surface area contributed by atoms with E-state index >= 15 is 0 Å². The molecule has 1 rings (SSSR count). The Morgan fingerprint density at radius 1 is 1.58 bits per heavy atom. The molecule has 3 N–H and O–H groups in total. The Morgan fingerprint density at radius 3 is 2.67 bits per heavy atom. The van der Waals surface area contributed by atoms with Gasteiger partial charge in [0.1, 0.15) is 7.85 Å². The van der Waals surface area contributed by atoms with Crippen molar-refractivity contribution >= 4 is 25.0 Å². The largest absolute Gasteiger partial charge is 0.478 e. The molecule has 62 valence electrons. The highest BCUT2D eigenvalue weighted by Gasteiger charge is 2.09. The van der Waals surface area contributed by atoms with Crippen LogP contribution >= 0.6 is 0 Å². The molecular formula is C8H10BNO2. The molecule has 0 unspecified atom stereocenters. The average Bonchev–Trinajstić information content (AvgIpc) is 1.96.